The summed E-state index contributed by atoms with van der Waals surface area (Å²) in [6.07, 6.45) is 2.66. The van der Waals surface area contributed by atoms with Crippen LogP contribution in [0.3, 0.4) is 0 Å². The molecule has 3 rings (SSSR count). The fraction of sp³-hybridized carbons (Fsp3) is 0.333. The first kappa shape index (κ1) is 19.0. The Balaban J connectivity index is 2.00. The molecule has 1 aromatic carbocycles. The van der Waals surface area contributed by atoms with Crippen LogP contribution in [0.4, 0.5) is 5.00 Å². The van der Waals surface area contributed by atoms with Crippen molar-refractivity contribution in [2.75, 3.05) is 12.4 Å². The number of halogens is 2. The van der Waals surface area contributed by atoms with E-state index in [1.54, 1.807) is 0 Å². The second-order valence-electron chi connectivity index (χ2n) is 6.34. The molecule has 2 amide bonds. The number of amides is 2. The molecule has 0 fully saturated rings. The van der Waals surface area contributed by atoms with Crippen molar-refractivity contribution in [1.82, 2.24) is 0 Å². The molecule has 3 N–H and O–H groups in total. The van der Waals surface area contributed by atoms with Crippen molar-refractivity contribution in [2.45, 2.75) is 26.2 Å². The van der Waals surface area contributed by atoms with Crippen LogP contribution in [-0.2, 0) is 12.8 Å². The van der Waals surface area contributed by atoms with Crippen molar-refractivity contribution in [3.05, 3.63) is 43.7 Å². The molecule has 0 saturated heterocycles. The highest BCUT2D eigenvalue weighted by Gasteiger charge is 2.28. The molecule has 0 saturated carbocycles. The first-order valence-electron chi connectivity index (χ1n) is 8.10. The van der Waals surface area contributed by atoms with Crippen LogP contribution in [0.25, 0.3) is 0 Å². The van der Waals surface area contributed by atoms with Crippen molar-refractivity contribution in [1.29, 1.82) is 0 Å². The molecule has 1 aromatic heterocycles. The molecular formula is C18H18Cl2N2O3S. The molecular weight excluding hydrogens is 395 g/mol. The number of fused-ring (bicyclic) bond motifs is 1. The second kappa shape index (κ2) is 7.47. The Bertz CT molecular complexity index is 895. The smallest absolute Gasteiger partial charge is 0.260 e. The van der Waals surface area contributed by atoms with Crippen LogP contribution in [0.2, 0.25) is 10.0 Å². The summed E-state index contributed by atoms with van der Waals surface area (Å²) in [4.78, 5) is 25.9. The molecule has 1 aliphatic carbocycles. The number of anilines is 1. The lowest BCUT2D eigenvalue weighted by atomic mass is 9.88. The van der Waals surface area contributed by atoms with Gasteiger partial charge >= 0.3 is 0 Å². The van der Waals surface area contributed by atoms with E-state index in [0.717, 1.165) is 29.7 Å². The van der Waals surface area contributed by atoms with Gasteiger partial charge in [-0.25, -0.2) is 0 Å². The summed E-state index contributed by atoms with van der Waals surface area (Å²) >= 11 is 13.5. The number of carbonyl (C=O) groups is 2. The lowest BCUT2D eigenvalue weighted by molar-refractivity contribution is 0.1000. The predicted octanol–water partition coefficient (Wildman–Crippen LogP) is 4.54. The first-order valence-corrected chi connectivity index (χ1v) is 9.67. The van der Waals surface area contributed by atoms with Gasteiger partial charge in [-0.1, -0.05) is 30.1 Å². The van der Waals surface area contributed by atoms with Crippen LogP contribution in [-0.4, -0.2) is 18.9 Å². The third-order valence-corrected chi connectivity index (χ3v) is 6.11. The van der Waals surface area contributed by atoms with E-state index in [9.17, 15) is 9.59 Å². The number of carbonyl (C=O) groups excluding carboxylic acids is 2. The Morgan fingerprint density at radius 3 is 2.73 bits per heavy atom. The number of thiophene rings is 1. The van der Waals surface area contributed by atoms with E-state index in [1.807, 2.05) is 0 Å². The number of primary amides is 1. The summed E-state index contributed by atoms with van der Waals surface area (Å²) < 4.78 is 5.22. The average Bonchev–Trinajstić information content (AvgIpc) is 2.91. The molecule has 1 heterocycles. The van der Waals surface area contributed by atoms with Crippen molar-refractivity contribution in [2.24, 2.45) is 11.7 Å². The molecule has 0 radical (unpaired) electrons. The number of hydrogen-bond donors (Lipinski definition) is 2. The number of hydrogen-bond acceptors (Lipinski definition) is 4. The lowest BCUT2D eigenvalue weighted by Gasteiger charge is -2.18. The van der Waals surface area contributed by atoms with Crippen LogP contribution in [0, 0.1) is 5.92 Å². The highest BCUT2D eigenvalue weighted by molar-refractivity contribution is 7.17. The summed E-state index contributed by atoms with van der Waals surface area (Å²) in [5.74, 6) is -0.231. The SMILES string of the molecule is COc1c(Cl)cc(Cl)cc1C(=O)Nc1sc2c(c1C(N)=O)CC[C@H](C)C2. The Morgan fingerprint density at radius 1 is 1.35 bits per heavy atom. The molecule has 0 bridgehead atoms. The monoisotopic (exact) mass is 412 g/mol. The molecule has 1 atom stereocenters. The van der Waals surface area contributed by atoms with Gasteiger partial charge in [0.1, 0.15) is 10.8 Å². The minimum absolute atomic E-state index is 0.195. The highest BCUT2D eigenvalue weighted by atomic mass is 35.5. The minimum Gasteiger partial charge on any atom is -0.494 e. The maximum absolute atomic E-state index is 12.8. The number of ether oxygens (including phenoxy) is 1. The Morgan fingerprint density at radius 2 is 2.08 bits per heavy atom. The summed E-state index contributed by atoms with van der Waals surface area (Å²) in [5, 5.41) is 3.80. The van der Waals surface area contributed by atoms with Crippen LogP contribution < -0.4 is 15.8 Å². The second-order valence-corrected chi connectivity index (χ2v) is 8.29. The van der Waals surface area contributed by atoms with Gasteiger partial charge in [-0.15, -0.1) is 11.3 Å². The van der Waals surface area contributed by atoms with Crippen molar-refractivity contribution in [3.8, 4) is 5.75 Å². The highest BCUT2D eigenvalue weighted by Crippen LogP contribution is 2.40. The van der Waals surface area contributed by atoms with Crippen molar-refractivity contribution >= 4 is 51.4 Å². The Labute approximate surface area is 165 Å². The first-order chi connectivity index (χ1) is 12.3. The molecule has 5 nitrogen and oxygen atoms in total. The summed E-state index contributed by atoms with van der Waals surface area (Å²) in [5.41, 5.74) is 7.13. The van der Waals surface area contributed by atoms with E-state index in [2.05, 4.69) is 12.2 Å². The predicted molar refractivity (Wildman–Crippen MR) is 105 cm³/mol. The third-order valence-electron chi connectivity index (χ3n) is 4.44. The van der Waals surface area contributed by atoms with E-state index in [1.165, 1.54) is 30.6 Å². The van der Waals surface area contributed by atoms with Gasteiger partial charge in [-0.3, -0.25) is 9.59 Å². The molecule has 0 aliphatic heterocycles. The van der Waals surface area contributed by atoms with E-state index in [0.29, 0.717) is 21.5 Å². The van der Waals surface area contributed by atoms with Gasteiger partial charge in [-0.2, -0.15) is 0 Å². The maximum atomic E-state index is 12.8. The molecule has 0 spiro atoms. The number of nitrogens with two attached hydrogens (primary N) is 1. The Kier molecular flexibility index (Phi) is 5.46. The summed E-state index contributed by atoms with van der Waals surface area (Å²) in [7, 11) is 1.42. The number of rotatable bonds is 4. The van der Waals surface area contributed by atoms with Gasteiger partial charge < -0.3 is 15.8 Å². The van der Waals surface area contributed by atoms with Gasteiger partial charge in [-0.05, 0) is 42.9 Å². The van der Waals surface area contributed by atoms with Gasteiger partial charge in [0.25, 0.3) is 11.8 Å². The quantitative estimate of drug-likeness (QED) is 0.772. The van der Waals surface area contributed by atoms with E-state index in [4.69, 9.17) is 33.7 Å². The average molecular weight is 413 g/mol. The zero-order chi connectivity index (χ0) is 19.0. The fourth-order valence-electron chi connectivity index (χ4n) is 3.21. The normalized spacial score (nSPS) is 16.1. The largest absolute Gasteiger partial charge is 0.494 e. The number of benzene rings is 1. The molecule has 138 valence electrons. The van der Waals surface area contributed by atoms with Crippen LogP contribution in [0.5, 0.6) is 5.75 Å². The molecule has 2 aromatic rings. The minimum atomic E-state index is -0.538. The molecule has 26 heavy (non-hydrogen) atoms. The summed E-state index contributed by atoms with van der Waals surface area (Å²) in [6.45, 7) is 2.17. The zero-order valence-corrected chi connectivity index (χ0v) is 16.6. The van der Waals surface area contributed by atoms with Gasteiger partial charge in [0.05, 0.1) is 23.3 Å². The lowest BCUT2D eigenvalue weighted by Crippen LogP contribution is -2.19. The zero-order valence-electron chi connectivity index (χ0n) is 14.3. The van der Waals surface area contributed by atoms with E-state index in [-0.39, 0.29) is 16.3 Å². The van der Waals surface area contributed by atoms with E-state index >= 15 is 0 Å². The van der Waals surface area contributed by atoms with Crippen LogP contribution in [0.15, 0.2) is 12.1 Å². The van der Waals surface area contributed by atoms with Gasteiger partial charge in [0.15, 0.2) is 0 Å². The van der Waals surface area contributed by atoms with Gasteiger partial charge in [0.2, 0.25) is 0 Å². The van der Waals surface area contributed by atoms with E-state index < -0.39 is 11.8 Å². The summed E-state index contributed by atoms with van der Waals surface area (Å²) in [6, 6.07) is 2.97. The van der Waals surface area contributed by atoms with Crippen molar-refractivity contribution < 1.29 is 14.3 Å². The molecule has 8 heteroatoms. The number of nitrogens with one attached hydrogen (secondary N) is 1. The van der Waals surface area contributed by atoms with Crippen LogP contribution in [0.1, 0.15) is 44.5 Å². The molecule has 1 aliphatic rings. The number of methoxy groups -OCH3 is 1. The standard InChI is InChI=1S/C18H18Cl2N2O3S/c1-8-3-4-10-13(5-8)26-18(14(10)16(21)23)22-17(24)11-6-9(19)7-12(20)15(11)25-2/h6-8H,3-5H2,1-2H3,(H2,21,23)(H,22,24)/t8-/m0/s1. The topological polar surface area (TPSA) is 81.4 Å². The third kappa shape index (κ3) is 3.54. The van der Waals surface area contributed by atoms with Crippen LogP contribution >= 0.6 is 34.5 Å². The molecule has 0 unspecified atom stereocenters. The maximum Gasteiger partial charge on any atom is 0.260 e. The van der Waals surface area contributed by atoms with Gasteiger partial charge in [0, 0.05) is 9.90 Å². The Hall–Kier alpha value is -1.76. The van der Waals surface area contributed by atoms with Crippen molar-refractivity contribution in [3.63, 3.8) is 0 Å². The fourth-order valence-corrected chi connectivity index (χ4v) is 5.19.